The Morgan fingerprint density at radius 3 is 2.64 bits per heavy atom. The third kappa shape index (κ3) is 3.66. The fourth-order valence-corrected chi connectivity index (χ4v) is 3.43. The van der Waals surface area contributed by atoms with Gasteiger partial charge in [0.2, 0.25) is 0 Å². The van der Waals surface area contributed by atoms with Gasteiger partial charge in [-0.05, 0) is 60.6 Å². The van der Waals surface area contributed by atoms with Gasteiger partial charge in [0, 0.05) is 5.56 Å². The molecule has 0 aliphatic heterocycles. The van der Waals surface area contributed by atoms with E-state index >= 15 is 0 Å². The van der Waals surface area contributed by atoms with Crippen LogP contribution in [0, 0.1) is 35.2 Å². The maximum absolute atomic E-state index is 14.7. The first kappa shape index (κ1) is 17.4. The number of fused-ring (bicyclic) bond motifs is 1. The smallest absolute Gasteiger partial charge is 0.147 e. The van der Waals surface area contributed by atoms with Crippen molar-refractivity contribution < 1.29 is 13.2 Å². The Hall–Kier alpha value is -2.41. The van der Waals surface area contributed by atoms with E-state index < -0.39 is 17.5 Å². The normalized spacial score (nSPS) is 16.1. The van der Waals surface area contributed by atoms with Gasteiger partial charge in [-0.1, -0.05) is 31.6 Å². The Labute approximate surface area is 146 Å². The molecule has 2 aromatic carbocycles. The highest BCUT2D eigenvalue weighted by molar-refractivity contribution is 5.51. The Morgan fingerprint density at radius 1 is 1.12 bits per heavy atom. The van der Waals surface area contributed by atoms with E-state index in [9.17, 15) is 13.2 Å². The summed E-state index contributed by atoms with van der Waals surface area (Å²) in [6.07, 6.45) is 4.39. The average molecular weight is 343 g/mol. The maximum atomic E-state index is 14.7. The number of hydrogen-bond donors (Lipinski definition) is 1. The summed E-state index contributed by atoms with van der Waals surface area (Å²) < 4.78 is 42.5. The third-order valence-corrected chi connectivity index (χ3v) is 4.75. The second-order valence-corrected chi connectivity index (χ2v) is 6.57. The molecule has 0 saturated carbocycles. The van der Waals surface area contributed by atoms with Crippen molar-refractivity contribution in [3.05, 3.63) is 64.0 Å². The molecule has 1 atom stereocenters. The lowest BCUT2D eigenvalue weighted by Gasteiger charge is -2.25. The summed E-state index contributed by atoms with van der Waals surface area (Å²) in [5, 5.41) is 0. The van der Waals surface area contributed by atoms with Gasteiger partial charge in [-0.25, -0.2) is 13.2 Å². The second-order valence-electron chi connectivity index (χ2n) is 6.57. The molecule has 2 aromatic rings. The van der Waals surface area contributed by atoms with Crippen LogP contribution in [0.5, 0.6) is 0 Å². The molecular weight excluding hydrogens is 323 g/mol. The van der Waals surface area contributed by atoms with Crippen LogP contribution in [-0.2, 0) is 12.8 Å². The van der Waals surface area contributed by atoms with Gasteiger partial charge >= 0.3 is 0 Å². The molecule has 0 saturated heterocycles. The largest absolute Gasteiger partial charge is 0.396 e. The van der Waals surface area contributed by atoms with Crippen LogP contribution in [-0.4, -0.2) is 0 Å². The predicted molar refractivity (Wildman–Crippen MR) is 93.6 cm³/mol. The molecule has 0 radical (unpaired) electrons. The number of nitrogens with two attached hydrogens (primary N) is 1. The fraction of sp³-hybridized carbons (Fsp3) is 0.333. The lowest BCUT2D eigenvalue weighted by molar-refractivity contribution is 0.411. The highest BCUT2D eigenvalue weighted by atomic mass is 19.1. The summed E-state index contributed by atoms with van der Waals surface area (Å²) in [5.41, 5.74) is 6.83. The van der Waals surface area contributed by atoms with Crippen molar-refractivity contribution in [3.63, 3.8) is 0 Å². The van der Waals surface area contributed by atoms with Gasteiger partial charge in [-0.15, -0.1) is 0 Å². The lowest BCUT2D eigenvalue weighted by atomic mass is 9.81. The topological polar surface area (TPSA) is 26.0 Å². The first-order valence-electron chi connectivity index (χ1n) is 8.56. The number of halogens is 3. The first-order chi connectivity index (χ1) is 12.0. The van der Waals surface area contributed by atoms with E-state index in [1.807, 2.05) is 0 Å². The van der Waals surface area contributed by atoms with Crippen LogP contribution in [0.1, 0.15) is 48.4 Å². The zero-order chi connectivity index (χ0) is 18.0. The summed E-state index contributed by atoms with van der Waals surface area (Å²) in [7, 11) is 0. The van der Waals surface area contributed by atoms with Crippen LogP contribution in [0.25, 0.3) is 0 Å². The van der Waals surface area contributed by atoms with Crippen LogP contribution in [0.3, 0.4) is 0 Å². The maximum Gasteiger partial charge on any atom is 0.147 e. The Balaban J connectivity index is 1.94. The molecule has 0 aromatic heterocycles. The minimum atomic E-state index is -0.656. The zero-order valence-electron chi connectivity index (χ0n) is 14.1. The van der Waals surface area contributed by atoms with Crippen molar-refractivity contribution in [1.29, 1.82) is 0 Å². The second kappa shape index (κ2) is 7.23. The molecule has 4 heteroatoms. The number of anilines is 1. The lowest BCUT2D eigenvalue weighted by Crippen LogP contribution is -2.17. The molecular formula is C21H20F3N. The van der Waals surface area contributed by atoms with Gasteiger partial charge in [0.05, 0.1) is 11.3 Å². The minimum absolute atomic E-state index is 0.0123. The van der Waals surface area contributed by atoms with Gasteiger partial charge in [-0.2, -0.15) is 0 Å². The summed E-state index contributed by atoms with van der Waals surface area (Å²) in [6, 6.07) is 5.47. The van der Waals surface area contributed by atoms with E-state index in [2.05, 4.69) is 18.8 Å². The molecule has 3 rings (SSSR count). The van der Waals surface area contributed by atoms with E-state index in [0.717, 1.165) is 30.9 Å². The molecule has 0 spiro atoms. The van der Waals surface area contributed by atoms with Crippen molar-refractivity contribution in [2.75, 3.05) is 5.73 Å². The highest BCUT2D eigenvalue weighted by Gasteiger charge is 2.24. The average Bonchev–Trinajstić information content (AvgIpc) is 2.58. The Bertz CT molecular complexity index is 862. The van der Waals surface area contributed by atoms with Crippen molar-refractivity contribution in [3.8, 4) is 11.8 Å². The van der Waals surface area contributed by atoms with Crippen LogP contribution < -0.4 is 5.73 Å². The monoisotopic (exact) mass is 343 g/mol. The molecule has 1 nitrogen and oxygen atoms in total. The Kier molecular flexibility index (Phi) is 5.03. The number of rotatable bonds is 2. The molecule has 2 N–H and O–H groups in total. The summed E-state index contributed by atoms with van der Waals surface area (Å²) in [6.45, 7) is 2.12. The summed E-state index contributed by atoms with van der Waals surface area (Å²) in [4.78, 5) is 0. The van der Waals surface area contributed by atoms with Crippen molar-refractivity contribution >= 4 is 5.69 Å². The Morgan fingerprint density at radius 2 is 1.92 bits per heavy atom. The molecule has 0 bridgehead atoms. The fourth-order valence-electron chi connectivity index (χ4n) is 3.43. The van der Waals surface area contributed by atoms with Gasteiger partial charge in [0.25, 0.3) is 0 Å². The van der Waals surface area contributed by atoms with Crippen molar-refractivity contribution in [2.24, 2.45) is 5.92 Å². The predicted octanol–water partition coefficient (Wildman–Crippen LogP) is 4.99. The van der Waals surface area contributed by atoms with Crippen LogP contribution in [0.2, 0.25) is 0 Å². The van der Waals surface area contributed by atoms with Crippen LogP contribution in [0.4, 0.5) is 18.9 Å². The molecule has 1 aliphatic rings. The summed E-state index contributed by atoms with van der Waals surface area (Å²) >= 11 is 0. The molecule has 0 amide bonds. The molecule has 1 unspecified atom stereocenters. The van der Waals surface area contributed by atoms with Crippen molar-refractivity contribution in [2.45, 2.75) is 39.0 Å². The van der Waals surface area contributed by atoms with Gasteiger partial charge in [0.1, 0.15) is 17.5 Å². The van der Waals surface area contributed by atoms with E-state index in [4.69, 9.17) is 5.73 Å². The van der Waals surface area contributed by atoms with E-state index in [1.54, 1.807) is 0 Å². The van der Waals surface area contributed by atoms with E-state index in [-0.39, 0.29) is 11.3 Å². The van der Waals surface area contributed by atoms with E-state index in [0.29, 0.717) is 29.9 Å². The molecule has 0 heterocycles. The standard InChI is InChI=1S/C21H20F3N/c1-2-3-13-4-7-16-15(10-13)12-18(22)17(21(16)24)8-5-14-6-9-20(25)19(23)11-14/h6,9,11-13H,2-4,7,10,25H2,1H3. The first-order valence-corrected chi connectivity index (χ1v) is 8.56. The molecule has 0 fully saturated rings. The van der Waals surface area contributed by atoms with Crippen LogP contribution >= 0.6 is 0 Å². The molecule has 130 valence electrons. The van der Waals surface area contributed by atoms with Gasteiger partial charge in [0.15, 0.2) is 0 Å². The molecule has 25 heavy (non-hydrogen) atoms. The SMILES string of the molecule is CCCC1CCc2c(cc(F)c(C#Cc3ccc(N)c(F)c3)c2F)C1. The van der Waals surface area contributed by atoms with Crippen LogP contribution in [0.15, 0.2) is 24.3 Å². The number of hydrogen-bond acceptors (Lipinski definition) is 1. The van der Waals surface area contributed by atoms with Gasteiger partial charge in [-0.3, -0.25) is 0 Å². The van der Waals surface area contributed by atoms with E-state index in [1.165, 1.54) is 18.2 Å². The third-order valence-electron chi connectivity index (χ3n) is 4.75. The number of benzene rings is 2. The molecule has 1 aliphatic carbocycles. The zero-order valence-corrected chi connectivity index (χ0v) is 14.1. The quantitative estimate of drug-likeness (QED) is 0.603. The summed E-state index contributed by atoms with van der Waals surface area (Å²) in [5.74, 6) is 3.81. The van der Waals surface area contributed by atoms with Gasteiger partial charge < -0.3 is 5.73 Å². The number of nitrogen functional groups attached to an aromatic ring is 1. The minimum Gasteiger partial charge on any atom is -0.396 e. The van der Waals surface area contributed by atoms with Crippen molar-refractivity contribution in [1.82, 2.24) is 0 Å². The highest BCUT2D eigenvalue weighted by Crippen LogP contribution is 2.32.